The quantitative estimate of drug-likeness (QED) is 0.701. The predicted molar refractivity (Wildman–Crippen MR) is 106 cm³/mol. The van der Waals surface area contributed by atoms with Crippen LogP contribution in [0.1, 0.15) is 17.7 Å². The first-order chi connectivity index (χ1) is 13.1. The molecule has 27 heavy (non-hydrogen) atoms. The van der Waals surface area contributed by atoms with Crippen LogP contribution in [-0.2, 0) is 20.0 Å². The maximum Gasteiger partial charge on any atom is 0.129 e. The molecule has 3 aromatic rings. The average Bonchev–Trinajstić information content (AvgIpc) is 2.98. The van der Waals surface area contributed by atoms with Crippen LogP contribution in [0.15, 0.2) is 30.3 Å². The van der Waals surface area contributed by atoms with E-state index in [1.54, 1.807) is 13.2 Å². The van der Waals surface area contributed by atoms with E-state index in [9.17, 15) is 4.39 Å². The van der Waals surface area contributed by atoms with Gasteiger partial charge in [0.15, 0.2) is 0 Å². The summed E-state index contributed by atoms with van der Waals surface area (Å²) in [5.74, 6) is 1.80. The molecular weight excluding hydrogens is 341 g/mol. The Morgan fingerprint density at radius 1 is 1.22 bits per heavy atom. The Morgan fingerprint density at radius 3 is 2.96 bits per heavy atom. The molecule has 2 aromatic heterocycles. The molecule has 1 atom stereocenters. The highest BCUT2D eigenvalue weighted by molar-refractivity contribution is 5.82. The lowest BCUT2D eigenvalue weighted by atomic mass is 10.0. The number of nitrogens with zero attached hydrogens (tertiary/aromatic N) is 3. The second-order valence-corrected chi connectivity index (χ2v) is 7.31. The van der Waals surface area contributed by atoms with Crippen LogP contribution in [0.4, 0.5) is 10.2 Å². The Morgan fingerprint density at radius 2 is 2.11 bits per heavy atom. The smallest absolute Gasteiger partial charge is 0.129 e. The summed E-state index contributed by atoms with van der Waals surface area (Å²) in [6.07, 6.45) is 4.36. The predicted octanol–water partition coefficient (Wildman–Crippen LogP) is 2.45. The van der Waals surface area contributed by atoms with Crippen molar-refractivity contribution in [3.05, 3.63) is 52.2 Å². The van der Waals surface area contributed by atoms with E-state index in [1.807, 2.05) is 24.3 Å². The molecule has 0 saturated heterocycles. The van der Waals surface area contributed by atoms with E-state index in [1.165, 1.54) is 11.3 Å². The van der Waals surface area contributed by atoms with Gasteiger partial charge in [0.05, 0.1) is 12.6 Å². The molecule has 5 rings (SSSR count). The summed E-state index contributed by atoms with van der Waals surface area (Å²) >= 11 is 0. The van der Waals surface area contributed by atoms with Gasteiger partial charge in [-0.25, -0.2) is 9.37 Å². The second-order valence-electron chi connectivity index (χ2n) is 7.31. The molecule has 0 bridgehead atoms. The topological polar surface area (TPSA) is 30.3 Å². The maximum absolute atomic E-state index is 14.0. The number of rotatable bonds is 2. The van der Waals surface area contributed by atoms with Crippen LogP contribution in [0.5, 0.6) is 5.75 Å². The van der Waals surface area contributed by atoms with E-state index < -0.39 is 6.17 Å². The molecule has 138 valence electrons. The molecule has 1 aromatic carbocycles. The van der Waals surface area contributed by atoms with Gasteiger partial charge in [0.25, 0.3) is 0 Å². The van der Waals surface area contributed by atoms with Crippen molar-refractivity contribution in [3.63, 3.8) is 0 Å². The molecule has 1 unspecified atom stereocenters. The van der Waals surface area contributed by atoms with Crippen molar-refractivity contribution in [1.29, 1.82) is 0 Å². The lowest BCUT2D eigenvalue weighted by Gasteiger charge is -2.29. The van der Waals surface area contributed by atoms with E-state index >= 15 is 0 Å². The molecule has 0 spiro atoms. The molecule has 0 amide bonds. The Labute approximate surface area is 157 Å². The highest BCUT2D eigenvalue weighted by Gasteiger charge is 2.24. The van der Waals surface area contributed by atoms with Crippen molar-refractivity contribution < 1.29 is 9.13 Å². The summed E-state index contributed by atoms with van der Waals surface area (Å²) in [4.78, 5) is 7.15. The van der Waals surface area contributed by atoms with Crippen LogP contribution in [-0.4, -0.2) is 29.4 Å². The standard InChI is InChI=1S/C22H22FN3O/c1-25-20-7-4-15(23)12-17(20)18-13-26(10-9-21(18)25)22-8-3-14-11-16(27-2)5-6-19(14)24-22/h3,5-8,11-12,15H,4,9-10,13H2,1-2H3. The van der Waals surface area contributed by atoms with Crippen molar-refractivity contribution in [2.45, 2.75) is 25.6 Å². The first-order valence-corrected chi connectivity index (χ1v) is 9.36. The van der Waals surface area contributed by atoms with Gasteiger partial charge in [-0.05, 0) is 36.4 Å². The molecule has 0 saturated carbocycles. The number of fused-ring (bicyclic) bond motifs is 4. The van der Waals surface area contributed by atoms with Crippen molar-refractivity contribution in [1.82, 2.24) is 9.55 Å². The number of methoxy groups -OCH3 is 1. The number of alkyl halides is 1. The van der Waals surface area contributed by atoms with Gasteiger partial charge in [0, 0.05) is 60.2 Å². The van der Waals surface area contributed by atoms with E-state index in [-0.39, 0.29) is 0 Å². The molecule has 0 fully saturated rings. The zero-order valence-electron chi connectivity index (χ0n) is 15.6. The normalized spacial score (nSPS) is 18.5. The molecule has 1 aliphatic heterocycles. The highest BCUT2D eigenvalue weighted by atomic mass is 19.1. The lowest BCUT2D eigenvalue weighted by Crippen LogP contribution is -2.36. The van der Waals surface area contributed by atoms with Crippen molar-refractivity contribution >= 4 is 28.9 Å². The van der Waals surface area contributed by atoms with Gasteiger partial charge in [0.2, 0.25) is 0 Å². The third-order valence-corrected chi connectivity index (χ3v) is 5.77. The van der Waals surface area contributed by atoms with E-state index in [0.29, 0.717) is 6.42 Å². The third-order valence-electron chi connectivity index (χ3n) is 5.77. The van der Waals surface area contributed by atoms with Crippen molar-refractivity contribution in [3.8, 4) is 5.75 Å². The minimum atomic E-state index is -0.881. The minimum absolute atomic E-state index is 0.475. The Balaban J connectivity index is 1.55. The Hall–Kier alpha value is -2.82. The van der Waals surface area contributed by atoms with Gasteiger partial charge >= 0.3 is 0 Å². The summed E-state index contributed by atoms with van der Waals surface area (Å²) in [7, 11) is 3.77. The van der Waals surface area contributed by atoms with Crippen molar-refractivity contribution in [2.75, 3.05) is 18.6 Å². The molecule has 2 aliphatic rings. The Kier molecular flexibility index (Phi) is 3.71. The number of hydrogen-bond acceptors (Lipinski definition) is 3. The van der Waals surface area contributed by atoms with Crippen LogP contribution in [0.25, 0.3) is 23.1 Å². The number of aromatic nitrogens is 2. The zero-order valence-corrected chi connectivity index (χ0v) is 15.6. The number of halogens is 1. The van der Waals surface area contributed by atoms with Crippen LogP contribution in [0.2, 0.25) is 0 Å². The monoisotopic (exact) mass is 363 g/mol. The van der Waals surface area contributed by atoms with Crippen LogP contribution < -0.4 is 20.2 Å². The zero-order chi connectivity index (χ0) is 18.5. The van der Waals surface area contributed by atoms with E-state index in [0.717, 1.165) is 52.5 Å². The Bertz CT molecular complexity index is 1160. The second kappa shape index (κ2) is 6.12. The highest BCUT2D eigenvalue weighted by Crippen LogP contribution is 2.25. The first kappa shape index (κ1) is 16.4. The summed E-state index contributed by atoms with van der Waals surface area (Å²) in [5.41, 5.74) is 3.52. The summed E-state index contributed by atoms with van der Waals surface area (Å²) in [6, 6.07) is 10.1. The van der Waals surface area contributed by atoms with Crippen LogP contribution >= 0.6 is 0 Å². The van der Waals surface area contributed by atoms with Crippen LogP contribution in [0, 0.1) is 0 Å². The largest absolute Gasteiger partial charge is 0.497 e. The van der Waals surface area contributed by atoms with Crippen LogP contribution in [0.3, 0.4) is 0 Å². The molecule has 4 nitrogen and oxygen atoms in total. The SMILES string of the molecule is COc1ccc2nc(N3CCc4c(c5c(n4C)=CCC(F)C=5)C3)ccc2c1. The minimum Gasteiger partial charge on any atom is -0.497 e. The van der Waals surface area contributed by atoms with Gasteiger partial charge in [-0.3, -0.25) is 0 Å². The fourth-order valence-electron chi connectivity index (χ4n) is 4.34. The molecule has 1 aliphatic carbocycles. The summed E-state index contributed by atoms with van der Waals surface area (Å²) in [6.45, 7) is 1.68. The fourth-order valence-corrected chi connectivity index (χ4v) is 4.34. The van der Waals surface area contributed by atoms with Gasteiger partial charge in [-0.15, -0.1) is 0 Å². The fraction of sp³-hybridized carbons (Fsp3) is 0.318. The average molecular weight is 363 g/mol. The number of ether oxygens (including phenoxy) is 1. The number of benzene rings is 1. The summed E-state index contributed by atoms with van der Waals surface area (Å²) in [5, 5.41) is 3.30. The van der Waals surface area contributed by atoms with Gasteiger partial charge in [-0.2, -0.15) is 0 Å². The molecule has 0 radical (unpaired) electrons. The van der Waals surface area contributed by atoms with Gasteiger partial charge in [0.1, 0.15) is 17.7 Å². The third kappa shape index (κ3) is 2.60. The molecule has 3 heterocycles. The number of hydrogen-bond donors (Lipinski definition) is 0. The molecule has 0 N–H and O–H groups in total. The first-order valence-electron chi connectivity index (χ1n) is 9.36. The van der Waals surface area contributed by atoms with E-state index in [2.05, 4.69) is 28.6 Å². The number of anilines is 1. The molecule has 5 heteroatoms. The van der Waals surface area contributed by atoms with E-state index in [4.69, 9.17) is 9.72 Å². The maximum atomic E-state index is 14.0. The van der Waals surface area contributed by atoms with Gasteiger partial charge < -0.3 is 14.2 Å². The van der Waals surface area contributed by atoms with Crippen molar-refractivity contribution in [2.24, 2.45) is 7.05 Å². The number of pyridine rings is 1. The molecular formula is C22H22FN3O. The summed E-state index contributed by atoms with van der Waals surface area (Å²) < 4.78 is 21.5. The lowest BCUT2D eigenvalue weighted by molar-refractivity contribution is 0.415. The van der Waals surface area contributed by atoms with Gasteiger partial charge in [-0.1, -0.05) is 6.08 Å².